The summed E-state index contributed by atoms with van der Waals surface area (Å²) in [7, 11) is 0. The molecule has 0 unspecified atom stereocenters. The van der Waals surface area contributed by atoms with Crippen LogP contribution in [-0.2, 0) is 0 Å². The number of phenols is 2. The molecular weight excluding hydrogens is 289 g/mol. The third-order valence-corrected chi connectivity index (χ3v) is 2.95. The van der Waals surface area contributed by atoms with Crippen molar-refractivity contribution in [2.75, 3.05) is 5.32 Å². The van der Waals surface area contributed by atoms with Gasteiger partial charge in [-0.2, -0.15) is 0 Å². The molecule has 0 aromatic heterocycles. The summed E-state index contributed by atoms with van der Waals surface area (Å²) < 4.78 is 0. The zero-order valence-corrected chi connectivity index (χ0v) is 11.0. The van der Waals surface area contributed by atoms with Gasteiger partial charge in [-0.3, -0.25) is 4.79 Å². The van der Waals surface area contributed by atoms with Gasteiger partial charge in [-0.15, -0.1) is 0 Å². The molecule has 2 rings (SSSR count). The lowest BCUT2D eigenvalue weighted by atomic mass is 10.2. The van der Waals surface area contributed by atoms with Gasteiger partial charge in [0, 0.05) is 10.7 Å². The van der Waals surface area contributed by atoms with Gasteiger partial charge < -0.3 is 15.5 Å². The molecule has 98 valence electrons. The van der Waals surface area contributed by atoms with E-state index >= 15 is 0 Å². The van der Waals surface area contributed by atoms with E-state index in [0.29, 0.717) is 10.7 Å². The summed E-state index contributed by atoms with van der Waals surface area (Å²) in [5, 5.41) is 21.9. The highest BCUT2D eigenvalue weighted by Crippen LogP contribution is 2.27. The number of phenolic OH excluding ortho intramolecular Hbond substituents is 2. The molecule has 0 aliphatic heterocycles. The van der Waals surface area contributed by atoms with E-state index in [1.165, 1.54) is 36.4 Å². The average molecular weight is 298 g/mol. The second-order valence-corrected chi connectivity index (χ2v) is 4.63. The van der Waals surface area contributed by atoms with Crippen LogP contribution in [0.1, 0.15) is 10.4 Å². The topological polar surface area (TPSA) is 69.6 Å². The van der Waals surface area contributed by atoms with Crippen molar-refractivity contribution in [1.29, 1.82) is 0 Å². The maximum Gasteiger partial charge on any atom is 0.259 e. The van der Waals surface area contributed by atoms with Crippen molar-refractivity contribution >= 4 is 34.8 Å². The van der Waals surface area contributed by atoms with E-state index in [9.17, 15) is 15.0 Å². The molecule has 0 aliphatic rings. The summed E-state index contributed by atoms with van der Waals surface area (Å²) in [6.45, 7) is 0. The average Bonchev–Trinajstić information content (AvgIpc) is 2.36. The second-order valence-electron chi connectivity index (χ2n) is 3.78. The first-order valence-electron chi connectivity index (χ1n) is 5.26. The van der Waals surface area contributed by atoms with Crippen LogP contribution in [-0.4, -0.2) is 16.1 Å². The monoisotopic (exact) mass is 297 g/mol. The number of rotatable bonds is 2. The summed E-state index contributed by atoms with van der Waals surface area (Å²) in [6, 6.07) is 8.41. The van der Waals surface area contributed by atoms with Crippen molar-refractivity contribution in [2.45, 2.75) is 0 Å². The Labute approximate surface area is 119 Å². The Morgan fingerprint density at radius 2 is 1.68 bits per heavy atom. The quantitative estimate of drug-likeness (QED) is 0.741. The third-order valence-electron chi connectivity index (χ3n) is 2.41. The molecule has 0 bridgehead atoms. The van der Waals surface area contributed by atoms with Crippen LogP contribution in [0.2, 0.25) is 10.0 Å². The highest BCUT2D eigenvalue weighted by Gasteiger charge is 2.12. The lowest BCUT2D eigenvalue weighted by Crippen LogP contribution is -2.12. The van der Waals surface area contributed by atoms with E-state index in [-0.39, 0.29) is 22.1 Å². The van der Waals surface area contributed by atoms with Crippen molar-refractivity contribution < 1.29 is 15.0 Å². The Bertz CT molecular complexity index is 644. The van der Waals surface area contributed by atoms with Gasteiger partial charge in [-0.25, -0.2) is 0 Å². The number of carbonyl (C=O) groups excluding carboxylic acids is 1. The molecule has 0 saturated carbocycles. The molecule has 2 aromatic carbocycles. The number of aromatic hydroxyl groups is 2. The Morgan fingerprint density at radius 3 is 2.37 bits per heavy atom. The summed E-state index contributed by atoms with van der Waals surface area (Å²) >= 11 is 11.5. The van der Waals surface area contributed by atoms with Crippen molar-refractivity contribution in [1.82, 2.24) is 0 Å². The predicted molar refractivity (Wildman–Crippen MR) is 74.2 cm³/mol. The van der Waals surface area contributed by atoms with Crippen molar-refractivity contribution in [2.24, 2.45) is 0 Å². The molecule has 4 nitrogen and oxygen atoms in total. The molecule has 0 saturated heterocycles. The number of halogens is 2. The zero-order chi connectivity index (χ0) is 14.0. The van der Waals surface area contributed by atoms with Gasteiger partial charge >= 0.3 is 0 Å². The number of hydrogen-bond donors (Lipinski definition) is 3. The Morgan fingerprint density at radius 1 is 1.00 bits per heavy atom. The van der Waals surface area contributed by atoms with Crippen LogP contribution >= 0.6 is 23.2 Å². The Balaban J connectivity index is 2.25. The third kappa shape index (κ3) is 3.10. The predicted octanol–water partition coefficient (Wildman–Crippen LogP) is 3.66. The number of amides is 1. The van der Waals surface area contributed by atoms with Crippen LogP contribution in [0.25, 0.3) is 0 Å². The maximum atomic E-state index is 11.9. The van der Waals surface area contributed by atoms with Crippen LogP contribution in [0.15, 0.2) is 36.4 Å². The molecular formula is C13H9Cl2NO3. The van der Waals surface area contributed by atoms with Gasteiger partial charge in [0.05, 0.1) is 10.6 Å². The smallest absolute Gasteiger partial charge is 0.259 e. The van der Waals surface area contributed by atoms with E-state index in [1.54, 1.807) is 0 Å². The maximum absolute atomic E-state index is 11.9. The van der Waals surface area contributed by atoms with Crippen LogP contribution < -0.4 is 5.32 Å². The van der Waals surface area contributed by atoms with Crippen molar-refractivity contribution in [3.8, 4) is 11.5 Å². The number of anilines is 1. The van der Waals surface area contributed by atoms with Gasteiger partial charge in [-0.1, -0.05) is 23.2 Å². The van der Waals surface area contributed by atoms with Crippen molar-refractivity contribution in [3.05, 3.63) is 52.0 Å². The highest BCUT2D eigenvalue weighted by molar-refractivity contribution is 6.32. The fraction of sp³-hybridized carbons (Fsp3) is 0. The van der Waals surface area contributed by atoms with E-state index in [1.807, 2.05) is 0 Å². The number of hydrogen-bond acceptors (Lipinski definition) is 3. The van der Waals surface area contributed by atoms with E-state index < -0.39 is 5.91 Å². The van der Waals surface area contributed by atoms with Crippen LogP contribution in [0.5, 0.6) is 11.5 Å². The summed E-state index contributed by atoms with van der Waals surface area (Å²) in [5.74, 6) is -0.779. The Kier molecular flexibility index (Phi) is 3.83. The van der Waals surface area contributed by atoms with Crippen molar-refractivity contribution in [3.63, 3.8) is 0 Å². The van der Waals surface area contributed by atoms with E-state index in [2.05, 4.69) is 5.32 Å². The zero-order valence-electron chi connectivity index (χ0n) is 9.52. The molecule has 0 aliphatic carbocycles. The molecule has 0 spiro atoms. The van der Waals surface area contributed by atoms with Gasteiger partial charge in [0.1, 0.15) is 11.5 Å². The normalized spacial score (nSPS) is 10.2. The van der Waals surface area contributed by atoms with E-state index in [0.717, 1.165) is 0 Å². The minimum Gasteiger partial charge on any atom is -0.507 e. The number of carbonyl (C=O) groups is 1. The largest absolute Gasteiger partial charge is 0.507 e. The molecule has 0 radical (unpaired) electrons. The number of nitrogens with one attached hydrogen (secondary N) is 1. The first kappa shape index (κ1) is 13.5. The SMILES string of the molecule is O=C(Nc1ccc(O)c(Cl)c1)c1cc(Cl)ccc1O. The van der Waals surface area contributed by atoms with Gasteiger partial charge in [0.15, 0.2) is 0 Å². The fourth-order valence-electron chi connectivity index (χ4n) is 1.47. The molecule has 3 N–H and O–H groups in total. The van der Waals surface area contributed by atoms with Gasteiger partial charge in [0.25, 0.3) is 5.91 Å². The number of benzene rings is 2. The molecule has 2 aromatic rings. The van der Waals surface area contributed by atoms with Crippen LogP contribution in [0.4, 0.5) is 5.69 Å². The van der Waals surface area contributed by atoms with E-state index in [4.69, 9.17) is 23.2 Å². The minimum absolute atomic E-state index is 0.0525. The van der Waals surface area contributed by atoms with Gasteiger partial charge in [-0.05, 0) is 36.4 Å². The van der Waals surface area contributed by atoms with Crippen LogP contribution in [0, 0.1) is 0 Å². The first-order valence-corrected chi connectivity index (χ1v) is 6.01. The van der Waals surface area contributed by atoms with Crippen LogP contribution in [0.3, 0.4) is 0 Å². The minimum atomic E-state index is -0.526. The lowest BCUT2D eigenvalue weighted by molar-refractivity contribution is 0.102. The molecule has 19 heavy (non-hydrogen) atoms. The Hall–Kier alpha value is -1.91. The molecule has 0 fully saturated rings. The standard InChI is InChI=1S/C13H9Cl2NO3/c14-7-1-3-11(17)9(5-7)13(19)16-8-2-4-12(18)10(15)6-8/h1-6,17-18H,(H,16,19). The fourth-order valence-corrected chi connectivity index (χ4v) is 1.83. The second kappa shape index (κ2) is 5.38. The lowest BCUT2D eigenvalue weighted by Gasteiger charge is -2.08. The molecule has 0 atom stereocenters. The summed E-state index contributed by atoms with van der Waals surface area (Å²) in [6.07, 6.45) is 0. The molecule has 0 heterocycles. The first-order chi connectivity index (χ1) is 8.97. The molecule has 1 amide bonds. The molecule has 6 heteroatoms. The highest BCUT2D eigenvalue weighted by atomic mass is 35.5. The summed E-state index contributed by atoms with van der Waals surface area (Å²) in [5.41, 5.74) is 0.448. The van der Waals surface area contributed by atoms with Gasteiger partial charge in [0.2, 0.25) is 0 Å². The summed E-state index contributed by atoms with van der Waals surface area (Å²) in [4.78, 5) is 11.9.